The normalized spacial score (nSPS) is 14.7. The van der Waals surface area contributed by atoms with Crippen molar-refractivity contribution in [1.82, 2.24) is 5.32 Å². The molecule has 1 aliphatic heterocycles. The van der Waals surface area contributed by atoms with Gasteiger partial charge in [-0.25, -0.2) is 4.90 Å². The fourth-order valence-electron chi connectivity index (χ4n) is 3.42. The third-order valence-electron chi connectivity index (χ3n) is 4.94. The SMILES string of the molecule is CNC(=O)c1cccc(Oc2ccccc2/C=C2/CC(=O)N(c3cccc(Cl)c3)C2=O)c1. The number of anilines is 1. The van der Waals surface area contributed by atoms with Gasteiger partial charge in [0.1, 0.15) is 11.5 Å². The number of benzene rings is 3. The summed E-state index contributed by atoms with van der Waals surface area (Å²) in [4.78, 5) is 38.5. The van der Waals surface area contributed by atoms with Gasteiger partial charge >= 0.3 is 0 Å². The van der Waals surface area contributed by atoms with Crippen molar-refractivity contribution in [1.29, 1.82) is 0 Å². The molecule has 1 N–H and O–H groups in total. The molecule has 32 heavy (non-hydrogen) atoms. The quantitative estimate of drug-likeness (QED) is 0.449. The summed E-state index contributed by atoms with van der Waals surface area (Å²) in [5.74, 6) is 0.0396. The lowest BCUT2D eigenvalue weighted by molar-refractivity contribution is -0.120. The monoisotopic (exact) mass is 446 g/mol. The van der Waals surface area contributed by atoms with Gasteiger partial charge in [0.05, 0.1) is 12.1 Å². The fourth-order valence-corrected chi connectivity index (χ4v) is 3.60. The standard InChI is InChI=1S/C25H19ClN2O4/c1-27-24(30)17-7-4-10-21(13-17)32-22-11-3-2-6-16(22)12-18-14-23(29)28(25(18)31)20-9-5-8-19(26)15-20/h2-13,15H,14H2,1H3,(H,27,30)/b18-12-. The highest BCUT2D eigenvalue weighted by Crippen LogP contribution is 2.32. The van der Waals surface area contributed by atoms with Crippen LogP contribution < -0.4 is 15.0 Å². The molecule has 1 aliphatic rings. The molecule has 7 heteroatoms. The van der Waals surface area contributed by atoms with E-state index in [1.54, 1.807) is 79.9 Å². The van der Waals surface area contributed by atoms with Gasteiger partial charge in [0.15, 0.2) is 0 Å². The number of ether oxygens (including phenoxy) is 1. The van der Waals surface area contributed by atoms with Crippen LogP contribution in [0.25, 0.3) is 6.08 Å². The Kier molecular flexibility index (Phi) is 6.05. The number of halogens is 1. The van der Waals surface area contributed by atoms with E-state index >= 15 is 0 Å². The second kappa shape index (κ2) is 9.08. The zero-order valence-corrected chi connectivity index (χ0v) is 17.9. The minimum atomic E-state index is -0.395. The van der Waals surface area contributed by atoms with Gasteiger partial charge in [-0.2, -0.15) is 0 Å². The highest BCUT2D eigenvalue weighted by molar-refractivity contribution is 6.32. The highest BCUT2D eigenvalue weighted by Gasteiger charge is 2.35. The van der Waals surface area contributed by atoms with E-state index in [0.29, 0.717) is 38.9 Å². The van der Waals surface area contributed by atoms with Crippen molar-refractivity contribution in [3.63, 3.8) is 0 Å². The van der Waals surface area contributed by atoms with Gasteiger partial charge in [-0.15, -0.1) is 0 Å². The van der Waals surface area contributed by atoms with Crippen LogP contribution in [0.3, 0.4) is 0 Å². The number of para-hydroxylation sites is 1. The molecule has 0 bridgehead atoms. The number of carbonyl (C=O) groups is 3. The Bertz CT molecular complexity index is 1250. The Morgan fingerprint density at radius 3 is 2.59 bits per heavy atom. The molecule has 1 saturated heterocycles. The van der Waals surface area contributed by atoms with Crippen LogP contribution in [-0.4, -0.2) is 24.8 Å². The van der Waals surface area contributed by atoms with Crippen LogP contribution in [-0.2, 0) is 9.59 Å². The number of nitrogens with zero attached hydrogens (tertiary/aromatic N) is 1. The van der Waals surface area contributed by atoms with Crippen LogP contribution >= 0.6 is 11.6 Å². The lowest BCUT2D eigenvalue weighted by atomic mass is 10.1. The van der Waals surface area contributed by atoms with Crippen molar-refractivity contribution in [2.24, 2.45) is 0 Å². The summed E-state index contributed by atoms with van der Waals surface area (Å²) in [6.07, 6.45) is 1.63. The van der Waals surface area contributed by atoms with Gasteiger partial charge in [0.25, 0.3) is 11.8 Å². The van der Waals surface area contributed by atoms with E-state index in [-0.39, 0.29) is 18.2 Å². The minimum Gasteiger partial charge on any atom is -0.457 e. The van der Waals surface area contributed by atoms with Crippen LogP contribution in [0.2, 0.25) is 5.02 Å². The first-order valence-corrected chi connectivity index (χ1v) is 10.3. The van der Waals surface area contributed by atoms with Gasteiger partial charge in [0, 0.05) is 28.8 Å². The fraction of sp³-hybridized carbons (Fsp3) is 0.0800. The molecule has 1 heterocycles. The van der Waals surface area contributed by atoms with Crippen LogP contribution in [0, 0.1) is 0 Å². The van der Waals surface area contributed by atoms with Crippen LogP contribution in [0.5, 0.6) is 11.5 Å². The Balaban J connectivity index is 1.63. The molecular weight excluding hydrogens is 428 g/mol. The van der Waals surface area contributed by atoms with E-state index in [2.05, 4.69) is 5.32 Å². The van der Waals surface area contributed by atoms with Gasteiger partial charge < -0.3 is 10.1 Å². The Labute approximate surface area is 190 Å². The molecule has 3 amide bonds. The molecule has 3 aromatic rings. The van der Waals surface area contributed by atoms with Gasteiger partial charge in [-0.05, 0) is 48.5 Å². The summed E-state index contributed by atoms with van der Waals surface area (Å²) >= 11 is 6.02. The maximum atomic E-state index is 13.0. The summed E-state index contributed by atoms with van der Waals surface area (Å²) in [5, 5.41) is 3.02. The average Bonchev–Trinajstić information content (AvgIpc) is 3.07. The number of rotatable bonds is 5. The highest BCUT2D eigenvalue weighted by atomic mass is 35.5. The molecule has 1 fully saturated rings. The number of amides is 3. The summed E-state index contributed by atoms with van der Waals surface area (Å²) in [6.45, 7) is 0. The van der Waals surface area contributed by atoms with Crippen LogP contribution in [0.15, 0.2) is 78.4 Å². The predicted octanol–water partition coefficient (Wildman–Crippen LogP) is 4.84. The van der Waals surface area contributed by atoms with E-state index in [1.807, 2.05) is 6.07 Å². The predicted molar refractivity (Wildman–Crippen MR) is 123 cm³/mol. The first kappa shape index (κ1) is 21.3. The van der Waals surface area contributed by atoms with Crippen molar-refractivity contribution in [3.05, 3.63) is 94.5 Å². The van der Waals surface area contributed by atoms with Gasteiger partial charge in [-0.1, -0.05) is 41.9 Å². The number of hydrogen-bond acceptors (Lipinski definition) is 4. The van der Waals surface area contributed by atoms with Crippen LogP contribution in [0.4, 0.5) is 5.69 Å². The van der Waals surface area contributed by atoms with Crippen molar-refractivity contribution in [2.75, 3.05) is 11.9 Å². The molecular formula is C25H19ClN2O4. The third kappa shape index (κ3) is 4.40. The van der Waals surface area contributed by atoms with Gasteiger partial charge in [-0.3, -0.25) is 14.4 Å². The smallest absolute Gasteiger partial charge is 0.261 e. The Hall–Kier alpha value is -3.90. The lowest BCUT2D eigenvalue weighted by Crippen LogP contribution is -2.28. The molecule has 0 aliphatic carbocycles. The van der Waals surface area contributed by atoms with Crippen molar-refractivity contribution >= 4 is 41.1 Å². The Morgan fingerprint density at radius 2 is 1.81 bits per heavy atom. The molecule has 0 spiro atoms. The molecule has 0 atom stereocenters. The molecule has 3 aromatic carbocycles. The summed E-state index contributed by atoms with van der Waals surface area (Å²) in [6, 6.07) is 20.6. The largest absolute Gasteiger partial charge is 0.457 e. The van der Waals surface area contributed by atoms with Crippen molar-refractivity contribution in [2.45, 2.75) is 6.42 Å². The molecule has 0 saturated carbocycles. The van der Waals surface area contributed by atoms with E-state index < -0.39 is 5.91 Å². The van der Waals surface area contributed by atoms with Crippen molar-refractivity contribution in [3.8, 4) is 11.5 Å². The first-order chi connectivity index (χ1) is 15.5. The number of nitrogens with one attached hydrogen (secondary N) is 1. The van der Waals surface area contributed by atoms with Gasteiger partial charge in [0.2, 0.25) is 5.91 Å². The molecule has 160 valence electrons. The maximum Gasteiger partial charge on any atom is 0.261 e. The molecule has 0 radical (unpaired) electrons. The van der Waals surface area contributed by atoms with E-state index in [4.69, 9.17) is 16.3 Å². The average molecular weight is 447 g/mol. The number of hydrogen-bond donors (Lipinski definition) is 1. The first-order valence-electron chi connectivity index (χ1n) is 9.88. The number of imide groups is 1. The maximum absolute atomic E-state index is 13.0. The molecule has 4 rings (SSSR count). The van der Waals surface area contributed by atoms with E-state index in [1.165, 1.54) is 0 Å². The third-order valence-corrected chi connectivity index (χ3v) is 5.17. The molecule has 0 aromatic heterocycles. The molecule has 0 unspecified atom stereocenters. The lowest BCUT2D eigenvalue weighted by Gasteiger charge is -2.13. The van der Waals surface area contributed by atoms with E-state index in [9.17, 15) is 14.4 Å². The second-order valence-corrected chi connectivity index (χ2v) is 7.54. The summed E-state index contributed by atoms with van der Waals surface area (Å²) in [5.41, 5.74) is 1.90. The Morgan fingerprint density at radius 1 is 1.03 bits per heavy atom. The summed E-state index contributed by atoms with van der Waals surface area (Å²) in [7, 11) is 1.56. The molecule has 6 nitrogen and oxygen atoms in total. The zero-order valence-electron chi connectivity index (χ0n) is 17.2. The second-order valence-electron chi connectivity index (χ2n) is 7.11. The van der Waals surface area contributed by atoms with Crippen LogP contribution in [0.1, 0.15) is 22.3 Å². The summed E-state index contributed by atoms with van der Waals surface area (Å²) < 4.78 is 5.99. The topological polar surface area (TPSA) is 75.7 Å². The van der Waals surface area contributed by atoms with Crippen molar-refractivity contribution < 1.29 is 19.1 Å². The number of carbonyl (C=O) groups excluding carboxylic acids is 3. The zero-order chi connectivity index (χ0) is 22.7. The van der Waals surface area contributed by atoms with E-state index in [0.717, 1.165) is 4.90 Å². The minimum absolute atomic E-state index is 0.0220.